The molecule has 0 aromatic heterocycles. The summed E-state index contributed by atoms with van der Waals surface area (Å²) >= 11 is 0. The van der Waals surface area contributed by atoms with Crippen LogP contribution in [0.15, 0.2) is 24.3 Å². The lowest BCUT2D eigenvalue weighted by atomic mass is 9.78. The first kappa shape index (κ1) is 41.6. The van der Waals surface area contributed by atoms with Crippen molar-refractivity contribution in [2.45, 2.75) is 153 Å². The fourth-order valence-electron chi connectivity index (χ4n) is 7.26. The Balaban J connectivity index is 1.94. The average molecular weight is 700 g/mol. The molecule has 0 spiro atoms. The van der Waals surface area contributed by atoms with Crippen LogP contribution in [-0.2, 0) is 38.0 Å². The number of hydrogen-bond acceptors (Lipinski definition) is 13. The van der Waals surface area contributed by atoms with Gasteiger partial charge in [0.15, 0.2) is 12.6 Å². The second kappa shape index (κ2) is 18.6. The Morgan fingerprint density at radius 2 is 1.67 bits per heavy atom. The van der Waals surface area contributed by atoms with Gasteiger partial charge in [-0.15, -0.1) is 0 Å². The minimum Gasteiger partial charge on any atom is -0.462 e. The Kier molecular flexibility index (Phi) is 15.8. The molecule has 0 aromatic carbocycles. The topological polar surface area (TPSA) is 174 Å². The highest BCUT2D eigenvalue weighted by molar-refractivity contribution is 5.70. The maximum Gasteiger partial charge on any atom is 0.308 e. The van der Waals surface area contributed by atoms with Gasteiger partial charge in [0.25, 0.3) is 0 Å². The molecule has 0 saturated carbocycles. The van der Waals surface area contributed by atoms with Gasteiger partial charge in [0, 0.05) is 26.4 Å². The highest BCUT2D eigenvalue weighted by Gasteiger charge is 2.51. The number of cyclic esters (lactones) is 1. The third kappa shape index (κ3) is 11.1. The van der Waals surface area contributed by atoms with Crippen molar-refractivity contribution >= 4 is 12.3 Å². The van der Waals surface area contributed by atoms with E-state index in [1.165, 1.54) is 7.11 Å². The number of likely N-dealkylation sites (N-methyl/N-ethyl adjacent to an activating group) is 1. The molecule has 0 aromatic rings. The van der Waals surface area contributed by atoms with Crippen LogP contribution in [0.2, 0.25) is 0 Å². The van der Waals surface area contributed by atoms with E-state index < -0.39 is 103 Å². The molecular formula is C36H61NO12. The molecule has 13 heteroatoms. The number of carbonyl (C=O) groups is 2. The Morgan fingerprint density at radius 1 is 0.980 bits per heavy atom. The zero-order valence-electron chi connectivity index (χ0n) is 30.6. The van der Waals surface area contributed by atoms with Crippen LogP contribution in [0.3, 0.4) is 0 Å². The van der Waals surface area contributed by atoms with Crippen LogP contribution in [-0.4, -0.2) is 138 Å². The monoisotopic (exact) mass is 699 g/mol. The predicted molar refractivity (Wildman–Crippen MR) is 180 cm³/mol. The SMILES string of the molecule is CO[C@@H]1[C@@H](O[C@@H]2O[C@H](C)[C@@H](O[C@@H]3CC(C)(C)[C@H](O)[C@@H](C)O3)[C@H](N(C)C)[C@H]2O)[C@@H](CC=O)C[C@@H](C)[C@@H](O)/C=C/C=C\C[C@@H](C)OC(=O)C[C@H]1O. The van der Waals surface area contributed by atoms with Crippen molar-refractivity contribution in [3.63, 3.8) is 0 Å². The molecule has 0 unspecified atom stereocenters. The summed E-state index contributed by atoms with van der Waals surface area (Å²) in [6, 6.07) is -0.639. The lowest BCUT2D eigenvalue weighted by molar-refractivity contribution is -0.340. The summed E-state index contributed by atoms with van der Waals surface area (Å²) in [5.41, 5.74) is -0.464. The van der Waals surface area contributed by atoms with Crippen molar-refractivity contribution in [2.75, 3.05) is 21.2 Å². The van der Waals surface area contributed by atoms with E-state index >= 15 is 0 Å². The zero-order valence-corrected chi connectivity index (χ0v) is 30.6. The van der Waals surface area contributed by atoms with Crippen molar-refractivity contribution in [1.29, 1.82) is 0 Å². The predicted octanol–water partition coefficient (Wildman–Crippen LogP) is 2.12. The second-order valence-electron chi connectivity index (χ2n) is 15.0. The Bertz CT molecular complexity index is 1100. The number of methoxy groups -OCH3 is 1. The molecular weight excluding hydrogens is 638 g/mol. The Labute approximate surface area is 291 Å². The number of esters is 1. The van der Waals surface area contributed by atoms with Crippen molar-refractivity contribution < 1.29 is 58.4 Å². The average Bonchev–Trinajstić information content (AvgIpc) is 3.00. The number of aldehydes is 1. The summed E-state index contributed by atoms with van der Waals surface area (Å²) in [5, 5.41) is 44.8. The van der Waals surface area contributed by atoms with E-state index in [1.807, 2.05) is 31.7 Å². The molecule has 4 N–H and O–H groups in total. The van der Waals surface area contributed by atoms with Crippen molar-refractivity contribution in [1.82, 2.24) is 4.90 Å². The van der Waals surface area contributed by atoms with E-state index in [0.717, 1.165) is 6.29 Å². The van der Waals surface area contributed by atoms with Gasteiger partial charge in [-0.3, -0.25) is 4.79 Å². The van der Waals surface area contributed by atoms with Crippen LogP contribution >= 0.6 is 0 Å². The molecule has 0 aliphatic carbocycles. The van der Waals surface area contributed by atoms with Crippen LogP contribution in [0.1, 0.15) is 73.6 Å². The number of ether oxygens (including phenoxy) is 6. The lowest BCUT2D eigenvalue weighted by Gasteiger charge is -2.50. The number of aliphatic hydroxyl groups excluding tert-OH is 4. The van der Waals surface area contributed by atoms with Gasteiger partial charge in [-0.1, -0.05) is 45.1 Å². The molecule has 15 atom stereocenters. The Morgan fingerprint density at radius 3 is 2.29 bits per heavy atom. The van der Waals surface area contributed by atoms with E-state index in [9.17, 15) is 30.0 Å². The molecule has 0 amide bonds. The number of allylic oxidation sites excluding steroid dienone is 2. The van der Waals surface area contributed by atoms with Crippen LogP contribution < -0.4 is 0 Å². The van der Waals surface area contributed by atoms with Crippen molar-refractivity contribution in [3.8, 4) is 0 Å². The van der Waals surface area contributed by atoms with Gasteiger partial charge in [0.2, 0.25) is 0 Å². The van der Waals surface area contributed by atoms with Gasteiger partial charge in [-0.2, -0.15) is 0 Å². The molecule has 2 fully saturated rings. The molecule has 2 saturated heterocycles. The van der Waals surface area contributed by atoms with Gasteiger partial charge in [-0.05, 0) is 58.5 Å². The summed E-state index contributed by atoms with van der Waals surface area (Å²) < 4.78 is 36.6. The van der Waals surface area contributed by atoms with E-state index in [1.54, 1.807) is 53.1 Å². The van der Waals surface area contributed by atoms with E-state index in [0.29, 0.717) is 12.8 Å². The first-order chi connectivity index (χ1) is 23.0. The molecule has 3 heterocycles. The molecule has 3 rings (SSSR count). The summed E-state index contributed by atoms with van der Waals surface area (Å²) in [5.74, 6) is -1.58. The summed E-state index contributed by atoms with van der Waals surface area (Å²) in [6.07, 6.45) is -2.04. The quantitative estimate of drug-likeness (QED) is 0.215. The van der Waals surface area contributed by atoms with Gasteiger partial charge in [-0.25, -0.2) is 0 Å². The third-order valence-electron chi connectivity index (χ3n) is 10.1. The van der Waals surface area contributed by atoms with Crippen LogP contribution in [0.5, 0.6) is 0 Å². The number of rotatable bonds is 8. The summed E-state index contributed by atoms with van der Waals surface area (Å²) in [4.78, 5) is 26.7. The van der Waals surface area contributed by atoms with Gasteiger partial charge in [0.05, 0.1) is 49.1 Å². The third-order valence-corrected chi connectivity index (χ3v) is 10.1. The summed E-state index contributed by atoms with van der Waals surface area (Å²) in [7, 11) is 4.98. The van der Waals surface area contributed by atoms with Gasteiger partial charge < -0.3 is 58.5 Å². The number of nitrogens with zero attached hydrogens (tertiary/aromatic N) is 1. The molecule has 0 radical (unpaired) electrons. The first-order valence-electron chi connectivity index (χ1n) is 17.5. The maximum atomic E-state index is 12.8. The van der Waals surface area contributed by atoms with Crippen LogP contribution in [0.25, 0.3) is 0 Å². The van der Waals surface area contributed by atoms with Crippen molar-refractivity contribution in [3.05, 3.63) is 24.3 Å². The maximum absolute atomic E-state index is 12.8. The molecule has 3 aliphatic heterocycles. The smallest absolute Gasteiger partial charge is 0.308 e. The molecule has 49 heavy (non-hydrogen) atoms. The summed E-state index contributed by atoms with van der Waals surface area (Å²) in [6.45, 7) is 11.1. The number of hydrogen-bond donors (Lipinski definition) is 4. The molecule has 282 valence electrons. The van der Waals surface area contributed by atoms with E-state index in [-0.39, 0.29) is 18.8 Å². The molecule has 13 nitrogen and oxygen atoms in total. The highest BCUT2D eigenvalue weighted by Crippen LogP contribution is 2.39. The first-order valence-corrected chi connectivity index (χ1v) is 17.5. The fraction of sp³-hybridized carbons (Fsp3) is 0.833. The largest absolute Gasteiger partial charge is 0.462 e. The minimum absolute atomic E-state index is 0.0144. The van der Waals surface area contributed by atoms with Gasteiger partial charge in [0.1, 0.15) is 30.7 Å². The van der Waals surface area contributed by atoms with Crippen molar-refractivity contribution in [2.24, 2.45) is 17.3 Å². The zero-order chi connectivity index (χ0) is 36.6. The highest BCUT2D eigenvalue weighted by atomic mass is 16.7. The fourth-order valence-corrected chi connectivity index (χ4v) is 7.26. The van der Waals surface area contributed by atoms with E-state index in [4.69, 9.17) is 28.4 Å². The lowest BCUT2D eigenvalue weighted by Crippen LogP contribution is -2.65. The number of carbonyl (C=O) groups excluding carboxylic acids is 2. The number of aliphatic hydroxyl groups is 4. The second-order valence-corrected chi connectivity index (χ2v) is 15.0. The molecule has 0 bridgehead atoms. The normalized spacial score (nSPS) is 44.2. The van der Waals surface area contributed by atoms with Crippen LogP contribution in [0, 0.1) is 17.3 Å². The Hall–Kier alpha value is -1.78. The standard InChI is InChI=1S/C36H61NO12/c1-20-17-24(15-16-38)32(33(44-9)26(40)18-27(41)45-21(2)13-11-10-12-14-25(20)39)49-35-30(42)29(37(7)8)31(22(3)47-35)48-28-19-36(5,6)34(43)23(4)46-28/h10-12,14,16,20-26,28-35,39-40,42-43H,13,15,17-19H2,1-9H3/b11-10-,14-12+/t20-,21-,22-,23-,24+,25+,26-,28-,29-,30-,31-,32+,33+,34-,35+/m1/s1. The minimum atomic E-state index is -1.39. The van der Waals surface area contributed by atoms with Gasteiger partial charge >= 0.3 is 5.97 Å². The molecule has 3 aliphatic rings. The van der Waals surface area contributed by atoms with E-state index in [2.05, 4.69) is 0 Å². The van der Waals surface area contributed by atoms with Crippen LogP contribution in [0.4, 0.5) is 0 Å².